The minimum absolute atomic E-state index is 0. The number of rotatable bonds is 8. The number of nitrogens with zero attached hydrogens (tertiary/aromatic N) is 1. The average Bonchev–Trinajstić information content (AvgIpc) is 3.14. The first-order valence-electron chi connectivity index (χ1n) is 11.6. The van der Waals surface area contributed by atoms with Crippen molar-refractivity contribution >= 4 is 11.6 Å². The zero-order valence-corrected chi connectivity index (χ0v) is 20.8. The van der Waals surface area contributed by atoms with Gasteiger partial charge in [-0.15, -0.1) is 11.6 Å². The van der Waals surface area contributed by atoms with Gasteiger partial charge < -0.3 is 32.0 Å². The van der Waals surface area contributed by atoms with E-state index in [1.54, 1.807) is 0 Å². The van der Waals surface area contributed by atoms with Gasteiger partial charge in [0, 0.05) is 25.2 Å². The third-order valence-corrected chi connectivity index (χ3v) is 7.43. The number of hydrogen-bond donors (Lipinski definition) is 2. The average molecular weight is 478 g/mol. The Kier molecular flexibility index (Phi) is 16.3. The molecule has 0 amide bonds. The Morgan fingerprint density at radius 2 is 1.94 bits per heavy atom. The molecule has 0 spiro atoms. The highest BCUT2D eigenvalue weighted by Crippen LogP contribution is 2.41. The first kappa shape index (κ1) is 33.7. The summed E-state index contributed by atoms with van der Waals surface area (Å²) in [6.45, 7) is 15.5. The summed E-state index contributed by atoms with van der Waals surface area (Å²) < 4.78 is 0. The lowest BCUT2D eigenvalue weighted by atomic mass is 9.69. The van der Waals surface area contributed by atoms with Gasteiger partial charge in [-0.2, -0.15) is 0 Å². The van der Waals surface area contributed by atoms with Crippen LogP contribution in [0.1, 0.15) is 67.2 Å². The predicted octanol–water partition coefficient (Wildman–Crippen LogP) is 2.75. The fourth-order valence-electron chi connectivity index (χ4n) is 5.35. The van der Waals surface area contributed by atoms with E-state index >= 15 is 0 Å². The molecule has 2 saturated heterocycles. The lowest BCUT2D eigenvalue weighted by Gasteiger charge is -2.46. The van der Waals surface area contributed by atoms with Gasteiger partial charge in [0.2, 0.25) is 0 Å². The Balaban J connectivity index is 0. The molecule has 2 fully saturated rings. The van der Waals surface area contributed by atoms with Crippen LogP contribution < -0.4 is 10.6 Å². The molecule has 0 saturated carbocycles. The molecule has 4 atom stereocenters. The monoisotopic (exact) mass is 477 g/mol. The third kappa shape index (κ3) is 9.41. The summed E-state index contributed by atoms with van der Waals surface area (Å²) in [5, 5.41) is 7.69. The SMILES string of the molecule is C.CC(C)[C@H](CN1CCC(C2=CCC(Cl)C=C2)C(C)(C)C1)NCC[C@@H]1CCCN1.O.O.O. The summed E-state index contributed by atoms with van der Waals surface area (Å²) in [4.78, 5) is 2.71. The van der Waals surface area contributed by atoms with Gasteiger partial charge >= 0.3 is 0 Å². The van der Waals surface area contributed by atoms with Gasteiger partial charge in [-0.1, -0.05) is 53.3 Å². The van der Waals surface area contributed by atoms with Crippen LogP contribution in [0, 0.1) is 17.3 Å². The van der Waals surface area contributed by atoms with Crippen LogP contribution in [0.4, 0.5) is 0 Å². The zero-order chi connectivity index (χ0) is 20.1. The van der Waals surface area contributed by atoms with Crippen LogP contribution in [0.5, 0.6) is 0 Å². The minimum atomic E-state index is 0. The quantitative estimate of drug-likeness (QED) is 0.522. The molecule has 3 aliphatic rings. The van der Waals surface area contributed by atoms with Crippen molar-refractivity contribution in [1.82, 2.24) is 15.5 Å². The predicted molar refractivity (Wildman–Crippen MR) is 140 cm³/mol. The molecule has 0 aromatic rings. The van der Waals surface area contributed by atoms with Gasteiger partial charge in [0.15, 0.2) is 0 Å². The molecule has 0 aromatic heterocycles. The lowest BCUT2D eigenvalue weighted by Crippen LogP contribution is -2.52. The van der Waals surface area contributed by atoms with Crippen LogP contribution in [0.3, 0.4) is 0 Å². The highest BCUT2D eigenvalue weighted by Gasteiger charge is 2.38. The van der Waals surface area contributed by atoms with Crippen LogP contribution in [0.2, 0.25) is 0 Å². The van der Waals surface area contributed by atoms with E-state index in [2.05, 4.69) is 61.5 Å². The maximum absolute atomic E-state index is 6.23. The van der Waals surface area contributed by atoms with Gasteiger partial charge in [0.05, 0.1) is 5.38 Å². The number of likely N-dealkylation sites (tertiary alicyclic amines) is 1. The first-order valence-corrected chi connectivity index (χ1v) is 12.0. The van der Waals surface area contributed by atoms with Crippen LogP contribution in [-0.2, 0) is 0 Å². The molecule has 3 rings (SSSR count). The Labute approximate surface area is 202 Å². The summed E-state index contributed by atoms with van der Waals surface area (Å²) in [7, 11) is 0. The third-order valence-electron chi connectivity index (χ3n) is 7.11. The molecule has 2 aliphatic heterocycles. The van der Waals surface area contributed by atoms with E-state index in [4.69, 9.17) is 11.6 Å². The highest BCUT2D eigenvalue weighted by molar-refractivity contribution is 6.22. The lowest BCUT2D eigenvalue weighted by molar-refractivity contribution is 0.0631. The molecule has 7 heteroatoms. The summed E-state index contributed by atoms with van der Waals surface area (Å²) in [6.07, 6.45) is 13.1. The number of nitrogens with one attached hydrogen (secondary N) is 2. The fraction of sp³-hybridized carbons (Fsp3) is 0.840. The molecule has 2 unspecified atom stereocenters. The Hall–Kier alpha value is -0.470. The molecule has 32 heavy (non-hydrogen) atoms. The normalized spacial score (nSPS) is 27.9. The Morgan fingerprint density at radius 1 is 1.22 bits per heavy atom. The van der Waals surface area contributed by atoms with E-state index in [9.17, 15) is 0 Å². The molecule has 0 bridgehead atoms. The second-order valence-corrected chi connectivity index (χ2v) is 10.8. The van der Waals surface area contributed by atoms with Crippen molar-refractivity contribution in [1.29, 1.82) is 0 Å². The van der Waals surface area contributed by atoms with Gasteiger partial charge in [-0.05, 0) is 74.6 Å². The topological polar surface area (TPSA) is 122 Å². The van der Waals surface area contributed by atoms with Gasteiger partial charge in [0.25, 0.3) is 0 Å². The van der Waals surface area contributed by atoms with Crippen molar-refractivity contribution in [2.45, 2.75) is 84.7 Å². The fourth-order valence-corrected chi connectivity index (χ4v) is 5.51. The molecule has 0 radical (unpaired) electrons. The second-order valence-electron chi connectivity index (χ2n) is 10.3. The van der Waals surface area contributed by atoms with Crippen molar-refractivity contribution in [2.75, 3.05) is 32.7 Å². The van der Waals surface area contributed by atoms with Crippen LogP contribution in [0.15, 0.2) is 23.8 Å². The molecule has 1 aliphatic carbocycles. The smallest absolute Gasteiger partial charge is 0.0553 e. The number of alkyl halides is 1. The molecule has 8 N–H and O–H groups in total. The number of hydrogen-bond acceptors (Lipinski definition) is 3. The van der Waals surface area contributed by atoms with Crippen molar-refractivity contribution in [3.05, 3.63) is 23.8 Å². The molecular weight excluding hydrogens is 426 g/mol. The van der Waals surface area contributed by atoms with E-state index in [1.165, 1.54) is 57.4 Å². The van der Waals surface area contributed by atoms with Crippen molar-refractivity contribution in [2.24, 2.45) is 17.3 Å². The van der Waals surface area contributed by atoms with Crippen LogP contribution in [-0.4, -0.2) is 71.5 Å². The largest absolute Gasteiger partial charge is 0.412 e. The Morgan fingerprint density at radius 3 is 2.47 bits per heavy atom. The van der Waals surface area contributed by atoms with Crippen molar-refractivity contribution in [3.63, 3.8) is 0 Å². The van der Waals surface area contributed by atoms with E-state index in [1.807, 2.05) is 0 Å². The van der Waals surface area contributed by atoms with E-state index in [0.29, 0.717) is 23.3 Å². The summed E-state index contributed by atoms with van der Waals surface area (Å²) >= 11 is 6.23. The number of piperidine rings is 1. The summed E-state index contributed by atoms with van der Waals surface area (Å²) in [5.41, 5.74) is 1.83. The number of allylic oxidation sites excluding steroid dienone is 4. The second kappa shape index (κ2) is 15.4. The molecule has 0 aromatic carbocycles. The maximum atomic E-state index is 6.23. The molecule has 6 nitrogen and oxygen atoms in total. The van der Waals surface area contributed by atoms with Gasteiger partial charge in [-0.3, -0.25) is 0 Å². The maximum Gasteiger partial charge on any atom is 0.0553 e. The van der Waals surface area contributed by atoms with Gasteiger partial charge in [-0.25, -0.2) is 0 Å². The van der Waals surface area contributed by atoms with E-state index in [-0.39, 0.29) is 29.2 Å². The summed E-state index contributed by atoms with van der Waals surface area (Å²) in [5.74, 6) is 1.32. The van der Waals surface area contributed by atoms with Crippen molar-refractivity contribution < 1.29 is 16.4 Å². The zero-order valence-electron chi connectivity index (χ0n) is 20.0. The standard InChI is InChI=1S/C24H42ClN3.CH4.3H2O/c1-18(2)23(27-14-11-21-6-5-13-26-21)16-28-15-12-22(24(3,4)17-28)19-7-9-20(25)10-8-19;;;;/h7-9,18,20-23,26-27H,5-6,10-17H2,1-4H3;1H4;3*1H2/t20?,21-,22?,23-;;;;/m0..../s1. The molecular formula is C25H52ClN3O3. The van der Waals surface area contributed by atoms with Crippen molar-refractivity contribution in [3.8, 4) is 0 Å². The minimum Gasteiger partial charge on any atom is -0.412 e. The van der Waals surface area contributed by atoms with Crippen LogP contribution in [0.25, 0.3) is 0 Å². The van der Waals surface area contributed by atoms with Crippen LogP contribution >= 0.6 is 11.6 Å². The Bertz CT molecular complexity index is 563. The van der Waals surface area contributed by atoms with E-state index < -0.39 is 0 Å². The summed E-state index contributed by atoms with van der Waals surface area (Å²) in [6, 6.07) is 1.32. The van der Waals surface area contributed by atoms with E-state index in [0.717, 1.165) is 19.0 Å². The first-order chi connectivity index (χ1) is 13.3. The molecule has 192 valence electrons. The van der Waals surface area contributed by atoms with Gasteiger partial charge in [0.1, 0.15) is 0 Å². The highest BCUT2D eigenvalue weighted by atomic mass is 35.5. The molecule has 2 heterocycles. The number of halogens is 1.